The Morgan fingerprint density at radius 3 is 2.62 bits per heavy atom. The van der Waals surface area contributed by atoms with E-state index in [2.05, 4.69) is 18.0 Å². The second-order valence-electron chi connectivity index (χ2n) is 3.85. The fourth-order valence-electron chi connectivity index (χ4n) is 1.77. The van der Waals surface area contributed by atoms with Crippen LogP contribution in [0.3, 0.4) is 0 Å². The van der Waals surface area contributed by atoms with Crippen molar-refractivity contribution in [1.82, 2.24) is 5.32 Å². The van der Waals surface area contributed by atoms with Crippen molar-refractivity contribution in [3.63, 3.8) is 0 Å². The van der Waals surface area contributed by atoms with Crippen molar-refractivity contribution in [3.8, 4) is 6.07 Å². The number of nitrogens with one attached hydrogen (secondary N) is 1. The monoisotopic (exact) mass is 214 g/mol. The van der Waals surface area contributed by atoms with E-state index in [1.807, 2.05) is 37.4 Å². The first-order valence-electron chi connectivity index (χ1n) is 5.57. The molecule has 0 aliphatic heterocycles. The molecule has 2 nitrogen and oxygen atoms in total. The molecule has 16 heavy (non-hydrogen) atoms. The highest BCUT2D eigenvalue weighted by Crippen LogP contribution is 2.23. The highest BCUT2D eigenvalue weighted by molar-refractivity contribution is 5.33. The minimum absolute atomic E-state index is 0.498. The van der Waals surface area contributed by atoms with Crippen molar-refractivity contribution in [2.24, 2.45) is 0 Å². The van der Waals surface area contributed by atoms with Gasteiger partial charge < -0.3 is 5.32 Å². The van der Waals surface area contributed by atoms with E-state index in [0.29, 0.717) is 5.92 Å². The predicted molar refractivity (Wildman–Crippen MR) is 67.3 cm³/mol. The number of benzene rings is 1. The maximum atomic E-state index is 8.74. The summed E-state index contributed by atoms with van der Waals surface area (Å²) in [5, 5.41) is 11.9. The Morgan fingerprint density at radius 1 is 1.44 bits per heavy atom. The summed E-state index contributed by atoms with van der Waals surface area (Å²) in [5.41, 5.74) is 2.00. The van der Waals surface area contributed by atoms with E-state index in [-0.39, 0.29) is 0 Å². The quantitative estimate of drug-likeness (QED) is 0.739. The van der Waals surface area contributed by atoms with Crippen molar-refractivity contribution < 1.29 is 0 Å². The third kappa shape index (κ3) is 3.52. The second kappa shape index (κ2) is 6.81. The molecule has 0 saturated heterocycles. The van der Waals surface area contributed by atoms with Crippen molar-refractivity contribution in [2.45, 2.75) is 18.8 Å². The fraction of sp³-hybridized carbons (Fsp3) is 0.357. The van der Waals surface area contributed by atoms with Gasteiger partial charge in [0.15, 0.2) is 0 Å². The number of nitrogens with zero attached hydrogens (tertiary/aromatic N) is 1. The smallest absolute Gasteiger partial charge is 0.0991 e. The van der Waals surface area contributed by atoms with Crippen LogP contribution in [0.25, 0.3) is 0 Å². The van der Waals surface area contributed by atoms with E-state index in [9.17, 15) is 0 Å². The van der Waals surface area contributed by atoms with Gasteiger partial charge in [-0.1, -0.05) is 18.2 Å². The number of nitriles is 1. The van der Waals surface area contributed by atoms with Crippen LogP contribution in [-0.4, -0.2) is 13.6 Å². The van der Waals surface area contributed by atoms with Crippen LogP contribution in [0.5, 0.6) is 0 Å². The van der Waals surface area contributed by atoms with Crippen molar-refractivity contribution in [1.29, 1.82) is 5.26 Å². The molecule has 0 aliphatic carbocycles. The van der Waals surface area contributed by atoms with E-state index < -0.39 is 0 Å². The summed E-state index contributed by atoms with van der Waals surface area (Å²) in [5.74, 6) is 0.498. The lowest BCUT2D eigenvalue weighted by Gasteiger charge is -2.15. The lowest BCUT2D eigenvalue weighted by molar-refractivity contribution is 0.602. The van der Waals surface area contributed by atoms with E-state index in [1.54, 1.807) is 0 Å². The molecule has 0 heterocycles. The molecule has 0 bridgehead atoms. The second-order valence-corrected chi connectivity index (χ2v) is 3.85. The van der Waals surface area contributed by atoms with Crippen molar-refractivity contribution in [3.05, 3.63) is 48.0 Å². The molecule has 84 valence electrons. The molecular formula is C14H18N2. The van der Waals surface area contributed by atoms with Gasteiger partial charge in [-0.25, -0.2) is 0 Å². The summed E-state index contributed by atoms with van der Waals surface area (Å²) < 4.78 is 0. The van der Waals surface area contributed by atoms with Crippen LogP contribution in [0.4, 0.5) is 0 Å². The highest BCUT2D eigenvalue weighted by Gasteiger charge is 2.09. The standard InChI is InChI=1S/C14H18N2/c1-3-4-13(9-10-16-2)14-7-5-12(11-15)6-8-14/h3,5-8,13,16H,1,4,9-10H2,2H3. The van der Waals surface area contributed by atoms with Crippen LogP contribution in [0.2, 0.25) is 0 Å². The molecule has 1 N–H and O–H groups in total. The zero-order valence-electron chi connectivity index (χ0n) is 9.74. The average Bonchev–Trinajstić information content (AvgIpc) is 2.35. The molecular weight excluding hydrogens is 196 g/mol. The molecule has 0 radical (unpaired) electrons. The number of allylic oxidation sites excluding steroid dienone is 1. The molecule has 0 saturated carbocycles. The minimum Gasteiger partial charge on any atom is -0.320 e. The van der Waals surface area contributed by atoms with Gasteiger partial charge in [0.05, 0.1) is 11.6 Å². The lowest BCUT2D eigenvalue weighted by Crippen LogP contribution is -2.12. The first-order chi connectivity index (χ1) is 7.81. The Kier molecular flexibility index (Phi) is 5.31. The topological polar surface area (TPSA) is 35.8 Å². The largest absolute Gasteiger partial charge is 0.320 e. The van der Waals surface area contributed by atoms with Gasteiger partial charge in [-0.05, 0) is 50.0 Å². The van der Waals surface area contributed by atoms with Crippen LogP contribution in [-0.2, 0) is 0 Å². The minimum atomic E-state index is 0.498. The normalized spacial score (nSPS) is 11.8. The maximum Gasteiger partial charge on any atom is 0.0991 e. The summed E-state index contributed by atoms with van der Waals surface area (Å²) in [4.78, 5) is 0. The third-order valence-electron chi connectivity index (χ3n) is 2.71. The van der Waals surface area contributed by atoms with Gasteiger partial charge in [0.1, 0.15) is 0 Å². The highest BCUT2D eigenvalue weighted by atomic mass is 14.8. The van der Waals surface area contributed by atoms with Gasteiger partial charge in [0.25, 0.3) is 0 Å². The zero-order valence-corrected chi connectivity index (χ0v) is 9.74. The molecule has 0 aromatic heterocycles. The van der Waals surface area contributed by atoms with Gasteiger partial charge in [0, 0.05) is 0 Å². The molecule has 1 unspecified atom stereocenters. The Hall–Kier alpha value is -1.59. The van der Waals surface area contributed by atoms with E-state index in [1.165, 1.54) is 5.56 Å². The third-order valence-corrected chi connectivity index (χ3v) is 2.71. The van der Waals surface area contributed by atoms with Crippen LogP contribution in [0.15, 0.2) is 36.9 Å². The zero-order chi connectivity index (χ0) is 11.8. The molecule has 1 aromatic rings. The Bertz CT molecular complexity index is 359. The van der Waals surface area contributed by atoms with Crippen LogP contribution in [0.1, 0.15) is 29.9 Å². The van der Waals surface area contributed by atoms with Gasteiger partial charge >= 0.3 is 0 Å². The Labute approximate surface area is 97.6 Å². The summed E-state index contributed by atoms with van der Waals surface area (Å²) >= 11 is 0. The SMILES string of the molecule is C=CCC(CCNC)c1ccc(C#N)cc1. The number of hydrogen-bond acceptors (Lipinski definition) is 2. The van der Waals surface area contributed by atoms with Crippen LogP contribution < -0.4 is 5.32 Å². The molecule has 0 spiro atoms. The Balaban J connectivity index is 2.75. The van der Waals surface area contributed by atoms with E-state index in [0.717, 1.165) is 24.9 Å². The van der Waals surface area contributed by atoms with Crippen molar-refractivity contribution in [2.75, 3.05) is 13.6 Å². The molecule has 1 atom stereocenters. The molecule has 0 aliphatic rings. The van der Waals surface area contributed by atoms with Gasteiger partial charge in [-0.15, -0.1) is 6.58 Å². The number of hydrogen-bond donors (Lipinski definition) is 1. The first-order valence-corrected chi connectivity index (χ1v) is 5.57. The predicted octanol–water partition coefficient (Wildman–Crippen LogP) is 2.83. The number of rotatable bonds is 6. The van der Waals surface area contributed by atoms with Crippen molar-refractivity contribution >= 4 is 0 Å². The van der Waals surface area contributed by atoms with Crippen LogP contribution >= 0.6 is 0 Å². The van der Waals surface area contributed by atoms with E-state index >= 15 is 0 Å². The Morgan fingerprint density at radius 2 is 2.12 bits per heavy atom. The maximum absolute atomic E-state index is 8.74. The van der Waals surface area contributed by atoms with Gasteiger partial charge in [-0.2, -0.15) is 5.26 Å². The molecule has 1 aromatic carbocycles. The summed E-state index contributed by atoms with van der Waals surface area (Å²) in [7, 11) is 1.96. The summed E-state index contributed by atoms with van der Waals surface area (Å²) in [6.07, 6.45) is 4.03. The summed E-state index contributed by atoms with van der Waals surface area (Å²) in [6, 6.07) is 9.98. The lowest BCUT2D eigenvalue weighted by atomic mass is 9.92. The fourth-order valence-corrected chi connectivity index (χ4v) is 1.77. The van der Waals surface area contributed by atoms with E-state index in [4.69, 9.17) is 5.26 Å². The molecule has 2 heteroatoms. The molecule has 0 fully saturated rings. The molecule has 0 amide bonds. The van der Waals surface area contributed by atoms with Gasteiger partial charge in [-0.3, -0.25) is 0 Å². The van der Waals surface area contributed by atoms with Crippen LogP contribution in [0, 0.1) is 11.3 Å². The van der Waals surface area contributed by atoms with Gasteiger partial charge in [0.2, 0.25) is 0 Å². The summed E-state index contributed by atoms with van der Waals surface area (Å²) in [6.45, 7) is 4.79. The average molecular weight is 214 g/mol. The first kappa shape index (κ1) is 12.5. The molecule has 1 rings (SSSR count).